The number of halogens is 2. The van der Waals surface area contributed by atoms with Crippen LogP contribution in [0.4, 0.5) is 14.5 Å². The second kappa shape index (κ2) is 7.93. The molecule has 0 bridgehead atoms. The number of hydrogen-bond donors (Lipinski definition) is 2. The molecule has 0 saturated heterocycles. The highest BCUT2D eigenvalue weighted by molar-refractivity contribution is 5.94. The lowest BCUT2D eigenvalue weighted by Crippen LogP contribution is -2.36. The molecule has 0 heterocycles. The normalized spacial score (nSPS) is 11.0. The molecule has 1 amide bonds. The number of carbonyl (C=O) groups excluding carboxylic acids is 1. The molecule has 0 atom stereocenters. The molecule has 2 N–H and O–H groups in total. The number of amides is 1. The van der Waals surface area contributed by atoms with Crippen molar-refractivity contribution in [2.45, 2.75) is 26.8 Å². The van der Waals surface area contributed by atoms with Gasteiger partial charge in [-0.25, -0.2) is 8.78 Å². The minimum absolute atomic E-state index is 0.0150. The molecule has 4 nitrogen and oxygen atoms in total. The van der Waals surface area contributed by atoms with Crippen LogP contribution in [0.25, 0.3) is 0 Å². The molecule has 0 aliphatic heterocycles. The SMILES string of the molecule is CCNc1c(F)cc(C(=O)NCCN(C)C(C)C)cc1F. The van der Waals surface area contributed by atoms with Crippen molar-refractivity contribution in [2.24, 2.45) is 0 Å². The minimum Gasteiger partial charge on any atom is -0.381 e. The van der Waals surface area contributed by atoms with E-state index in [1.807, 2.05) is 20.9 Å². The number of likely N-dealkylation sites (N-methyl/N-ethyl adjacent to an activating group) is 1. The van der Waals surface area contributed by atoms with Crippen LogP contribution in [-0.2, 0) is 0 Å². The molecule has 0 fully saturated rings. The van der Waals surface area contributed by atoms with Gasteiger partial charge in [0.05, 0.1) is 0 Å². The first-order chi connectivity index (χ1) is 9.86. The number of rotatable bonds is 7. The summed E-state index contributed by atoms with van der Waals surface area (Å²) in [6.07, 6.45) is 0. The van der Waals surface area contributed by atoms with E-state index in [-0.39, 0.29) is 11.3 Å². The van der Waals surface area contributed by atoms with E-state index in [2.05, 4.69) is 15.5 Å². The number of nitrogens with zero attached hydrogens (tertiary/aromatic N) is 1. The summed E-state index contributed by atoms with van der Waals surface area (Å²) < 4.78 is 27.4. The Morgan fingerprint density at radius 1 is 1.29 bits per heavy atom. The van der Waals surface area contributed by atoms with Crippen LogP contribution in [0.15, 0.2) is 12.1 Å². The Labute approximate surface area is 124 Å². The Balaban J connectivity index is 2.67. The maximum Gasteiger partial charge on any atom is 0.251 e. The van der Waals surface area contributed by atoms with Crippen LogP contribution in [0.5, 0.6) is 0 Å². The zero-order valence-electron chi connectivity index (χ0n) is 13.0. The fourth-order valence-electron chi connectivity index (χ4n) is 1.76. The first kappa shape index (κ1) is 17.4. The van der Waals surface area contributed by atoms with Crippen molar-refractivity contribution in [3.8, 4) is 0 Å². The van der Waals surface area contributed by atoms with Gasteiger partial charge in [-0.05, 0) is 40.0 Å². The maximum atomic E-state index is 13.7. The highest BCUT2D eigenvalue weighted by Gasteiger charge is 2.14. The molecule has 0 unspecified atom stereocenters. The largest absolute Gasteiger partial charge is 0.381 e. The van der Waals surface area contributed by atoms with Gasteiger partial charge in [-0.3, -0.25) is 4.79 Å². The number of nitrogens with one attached hydrogen (secondary N) is 2. The van der Waals surface area contributed by atoms with E-state index in [0.717, 1.165) is 12.1 Å². The first-order valence-corrected chi connectivity index (χ1v) is 7.08. The van der Waals surface area contributed by atoms with Crippen LogP contribution in [0.3, 0.4) is 0 Å². The standard InChI is InChI=1S/C15H23F2N3O/c1-5-18-14-12(16)8-11(9-13(14)17)15(21)19-6-7-20(4)10(2)3/h8-10,18H,5-7H2,1-4H3,(H,19,21). The third-order valence-electron chi connectivity index (χ3n) is 3.29. The fraction of sp³-hybridized carbons (Fsp3) is 0.533. The van der Waals surface area contributed by atoms with Gasteiger partial charge in [0.25, 0.3) is 5.91 Å². The monoisotopic (exact) mass is 299 g/mol. The van der Waals surface area contributed by atoms with Crippen molar-refractivity contribution in [3.05, 3.63) is 29.3 Å². The second-order valence-corrected chi connectivity index (χ2v) is 5.18. The molecule has 118 valence electrons. The summed E-state index contributed by atoms with van der Waals surface area (Å²) in [5.41, 5.74) is -0.215. The molecule has 21 heavy (non-hydrogen) atoms. The van der Waals surface area contributed by atoms with Crippen LogP contribution in [0.1, 0.15) is 31.1 Å². The van der Waals surface area contributed by atoms with E-state index in [4.69, 9.17) is 0 Å². The van der Waals surface area contributed by atoms with Gasteiger partial charge >= 0.3 is 0 Å². The predicted octanol–water partition coefficient (Wildman–Crippen LogP) is 2.47. The summed E-state index contributed by atoms with van der Waals surface area (Å²) in [5.74, 6) is -2.00. The van der Waals surface area contributed by atoms with Gasteiger partial charge in [0.15, 0.2) is 0 Å². The van der Waals surface area contributed by atoms with Crippen molar-refractivity contribution < 1.29 is 13.6 Å². The van der Waals surface area contributed by atoms with Crippen LogP contribution in [0, 0.1) is 11.6 Å². The van der Waals surface area contributed by atoms with Crippen LogP contribution in [-0.4, -0.2) is 43.5 Å². The Morgan fingerprint density at radius 3 is 2.33 bits per heavy atom. The topological polar surface area (TPSA) is 44.4 Å². The van der Waals surface area contributed by atoms with Crippen LogP contribution < -0.4 is 10.6 Å². The molecule has 0 radical (unpaired) electrons. The molecular weight excluding hydrogens is 276 g/mol. The Bertz CT molecular complexity index is 469. The molecule has 1 aromatic carbocycles. The average Bonchev–Trinajstić information content (AvgIpc) is 2.42. The van der Waals surface area contributed by atoms with Crippen molar-refractivity contribution >= 4 is 11.6 Å². The van der Waals surface area contributed by atoms with Gasteiger partial charge in [-0.1, -0.05) is 0 Å². The third-order valence-corrected chi connectivity index (χ3v) is 3.29. The third kappa shape index (κ3) is 4.97. The lowest BCUT2D eigenvalue weighted by Gasteiger charge is -2.20. The lowest BCUT2D eigenvalue weighted by molar-refractivity contribution is 0.0947. The minimum atomic E-state index is -0.763. The van der Waals surface area contributed by atoms with E-state index in [0.29, 0.717) is 25.7 Å². The molecule has 1 aromatic rings. The summed E-state index contributed by atoms with van der Waals surface area (Å²) in [6, 6.07) is 2.46. The summed E-state index contributed by atoms with van der Waals surface area (Å²) >= 11 is 0. The quantitative estimate of drug-likeness (QED) is 0.813. The molecule has 0 aliphatic rings. The van der Waals surface area contributed by atoms with E-state index >= 15 is 0 Å². The molecule has 1 rings (SSSR count). The zero-order valence-corrected chi connectivity index (χ0v) is 13.0. The van der Waals surface area contributed by atoms with Gasteiger partial charge in [-0.2, -0.15) is 0 Å². The molecule has 0 aromatic heterocycles. The number of benzene rings is 1. The Hall–Kier alpha value is -1.69. The molecule has 0 aliphatic carbocycles. The summed E-state index contributed by atoms with van der Waals surface area (Å²) in [7, 11) is 1.95. The van der Waals surface area contributed by atoms with Gasteiger partial charge in [0.1, 0.15) is 17.3 Å². The Kier molecular flexibility index (Phi) is 6.55. The number of hydrogen-bond acceptors (Lipinski definition) is 3. The maximum absolute atomic E-state index is 13.7. The smallest absolute Gasteiger partial charge is 0.251 e. The van der Waals surface area contributed by atoms with Crippen LogP contribution in [0.2, 0.25) is 0 Å². The molecule has 0 saturated carbocycles. The second-order valence-electron chi connectivity index (χ2n) is 5.18. The molecule has 6 heteroatoms. The van der Waals surface area contributed by atoms with E-state index in [1.54, 1.807) is 6.92 Å². The summed E-state index contributed by atoms with van der Waals surface area (Å²) in [6.45, 7) is 7.33. The first-order valence-electron chi connectivity index (χ1n) is 7.08. The van der Waals surface area contributed by atoms with Gasteiger partial charge < -0.3 is 15.5 Å². The number of anilines is 1. The van der Waals surface area contributed by atoms with Gasteiger partial charge in [-0.15, -0.1) is 0 Å². The van der Waals surface area contributed by atoms with Crippen molar-refractivity contribution in [2.75, 3.05) is 32.0 Å². The molecule has 0 spiro atoms. The van der Waals surface area contributed by atoms with Crippen molar-refractivity contribution in [1.82, 2.24) is 10.2 Å². The van der Waals surface area contributed by atoms with E-state index in [9.17, 15) is 13.6 Å². The summed E-state index contributed by atoms with van der Waals surface area (Å²) in [4.78, 5) is 14.0. The van der Waals surface area contributed by atoms with Crippen molar-refractivity contribution in [1.29, 1.82) is 0 Å². The van der Waals surface area contributed by atoms with Crippen LogP contribution >= 0.6 is 0 Å². The highest BCUT2D eigenvalue weighted by Crippen LogP contribution is 2.20. The Morgan fingerprint density at radius 2 is 1.86 bits per heavy atom. The van der Waals surface area contributed by atoms with Crippen molar-refractivity contribution in [3.63, 3.8) is 0 Å². The molecular formula is C15H23F2N3O. The predicted molar refractivity (Wildman–Crippen MR) is 80.6 cm³/mol. The fourth-order valence-corrected chi connectivity index (χ4v) is 1.76. The lowest BCUT2D eigenvalue weighted by atomic mass is 10.1. The van der Waals surface area contributed by atoms with E-state index < -0.39 is 17.5 Å². The summed E-state index contributed by atoms with van der Waals surface area (Å²) in [5, 5.41) is 5.25. The average molecular weight is 299 g/mol. The van der Waals surface area contributed by atoms with Gasteiger partial charge in [0.2, 0.25) is 0 Å². The van der Waals surface area contributed by atoms with Gasteiger partial charge in [0, 0.05) is 31.2 Å². The number of carbonyl (C=O) groups is 1. The van der Waals surface area contributed by atoms with E-state index in [1.165, 1.54) is 0 Å². The highest BCUT2D eigenvalue weighted by atomic mass is 19.1. The zero-order chi connectivity index (χ0) is 16.0.